The normalized spacial score (nSPS) is 19.6. The van der Waals surface area contributed by atoms with Crippen LogP contribution in [0.2, 0.25) is 0 Å². The zero-order chi connectivity index (χ0) is 21.7. The van der Waals surface area contributed by atoms with Crippen LogP contribution in [0.5, 0.6) is 0 Å². The van der Waals surface area contributed by atoms with Gasteiger partial charge in [-0.2, -0.15) is 0 Å². The number of nitrogens with zero attached hydrogens (tertiary/aromatic N) is 2. The lowest BCUT2D eigenvalue weighted by Gasteiger charge is -2.43. The number of rotatable bonds is 4. The molecule has 1 fully saturated rings. The first-order chi connectivity index (χ1) is 14.3. The topological polar surface area (TPSA) is 40.6 Å². The first kappa shape index (κ1) is 21.6. The molecular formula is C26H30N2O2. The number of carbonyl (C=O) groups is 2. The van der Waals surface area contributed by atoms with Crippen LogP contribution in [0, 0.1) is 13.8 Å². The zero-order valence-corrected chi connectivity index (χ0v) is 18.2. The summed E-state index contributed by atoms with van der Waals surface area (Å²) in [6.45, 7) is 9.13. The molecule has 1 saturated heterocycles. The van der Waals surface area contributed by atoms with Gasteiger partial charge >= 0.3 is 0 Å². The van der Waals surface area contributed by atoms with Crippen LogP contribution in [0.3, 0.4) is 0 Å². The predicted octanol–water partition coefficient (Wildman–Crippen LogP) is 4.48. The summed E-state index contributed by atoms with van der Waals surface area (Å²) in [5.41, 5.74) is 4.39. The quantitative estimate of drug-likeness (QED) is 0.708. The molecule has 0 saturated carbocycles. The lowest BCUT2D eigenvalue weighted by atomic mass is 10.1. The Kier molecular flexibility index (Phi) is 6.88. The highest BCUT2D eigenvalue weighted by Gasteiger charge is 2.32. The molecule has 0 unspecified atom stereocenters. The van der Waals surface area contributed by atoms with Crippen LogP contribution in [0.1, 0.15) is 36.1 Å². The maximum Gasteiger partial charge on any atom is 0.246 e. The van der Waals surface area contributed by atoms with Gasteiger partial charge in [-0.25, -0.2) is 0 Å². The smallest absolute Gasteiger partial charge is 0.246 e. The van der Waals surface area contributed by atoms with Gasteiger partial charge in [0.15, 0.2) is 0 Å². The lowest BCUT2D eigenvalue weighted by Crippen LogP contribution is -2.59. The van der Waals surface area contributed by atoms with Crippen molar-refractivity contribution in [3.8, 4) is 0 Å². The Bertz CT molecular complexity index is 863. The van der Waals surface area contributed by atoms with E-state index in [2.05, 4.69) is 0 Å². The predicted molar refractivity (Wildman–Crippen MR) is 123 cm³/mol. The molecule has 4 nitrogen and oxygen atoms in total. The van der Waals surface area contributed by atoms with E-state index in [1.807, 2.05) is 98.2 Å². The van der Waals surface area contributed by atoms with Crippen LogP contribution in [-0.2, 0) is 9.59 Å². The largest absolute Gasteiger partial charge is 0.333 e. The SMILES string of the molecule is Cc1ccc(/C=C/C(=O)N2C[C@@H](C)N(C(=O)/C=C/c3ccc(C)cc3)C[C@H]2C)cc1. The van der Waals surface area contributed by atoms with Gasteiger partial charge in [0.25, 0.3) is 0 Å². The maximum absolute atomic E-state index is 12.7. The fourth-order valence-electron chi connectivity index (χ4n) is 3.62. The van der Waals surface area contributed by atoms with E-state index in [4.69, 9.17) is 0 Å². The van der Waals surface area contributed by atoms with Gasteiger partial charge in [0.2, 0.25) is 11.8 Å². The van der Waals surface area contributed by atoms with Gasteiger partial charge in [-0.15, -0.1) is 0 Å². The van der Waals surface area contributed by atoms with Crippen molar-refractivity contribution in [2.45, 2.75) is 39.8 Å². The number of aryl methyl sites for hydroxylation is 2. The molecule has 0 spiro atoms. The fourth-order valence-corrected chi connectivity index (χ4v) is 3.62. The highest BCUT2D eigenvalue weighted by Crippen LogP contribution is 2.17. The Labute approximate surface area is 179 Å². The van der Waals surface area contributed by atoms with Crippen molar-refractivity contribution in [3.63, 3.8) is 0 Å². The van der Waals surface area contributed by atoms with Crippen molar-refractivity contribution in [1.82, 2.24) is 9.80 Å². The van der Waals surface area contributed by atoms with Crippen molar-refractivity contribution >= 4 is 24.0 Å². The van der Waals surface area contributed by atoms with Gasteiger partial charge in [0, 0.05) is 37.3 Å². The summed E-state index contributed by atoms with van der Waals surface area (Å²) in [4.78, 5) is 29.2. The molecule has 0 bridgehead atoms. The summed E-state index contributed by atoms with van der Waals surface area (Å²) < 4.78 is 0. The Morgan fingerprint density at radius 2 is 1.03 bits per heavy atom. The molecule has 2 aromatic rings. The van der Waals surface area contributed by atoms with Gasteiger partial charge < -0.3 is 9.80 Å². The first-order valence-corrected chi connectivity index (χ1v) is 10.4. The molecule has 2 amide bonds. The van der Waals surface area contributed by atoms with E-state index in [0.717, 1.165) is 11.1 Å². The minimum Gasteiger partial charge on any atom is -0.333 e. The summed E-state index contributed by atoms with van der Waals surface area (Å²) in [5, 5.41) is 0. The highest BCUT2D eigenvalue weighted by atomic mass is 16.2. The van der Waals surface area contributed by atoms with Crippen molar-refractivity contribution < 1.29 is 9.59 Å². The molecule has 2 atom stereocenters. The molecule has 0 aliphatic carbocycles. The van der Waals surface area contributed by atoms with Gasteiger partial charge in [-0.05, 0) is 51.0 Å². The van der Waals surface area contributed by atoms with Crippen molar-refractivity contribution in [3.05, 3.63) is 82.9 Å². The number of hydrogen-bond acceptors (Lipinski definition) is 2. The van der Waals surface area contributed by atoms with Crippen molar-refractivity contribution in [2.24, 2.45) is 0 Å². The highest BCUT2D eigenvalue weighted by molar-refractivity contribution is 5.94. The monoisotopic (exact) mass is 402 g/mol. The second-order valence-electron chi connectivity index (χ2n) is 8.17. The summed E-state index contributed by atoms with van der Waals surface area (Å²) in [6, 6.07) is 16.1. The van der Waals surface area contributed by atoms with E-state index >= 15 is 0 Å². The van der Waals surface area contributed by atoms with E-state index in [9.17, 15) is 9.59 Å². The maximum atomic E-state index is 12.7. The van der Waals surface area contributed by atoms with Gasteiger partial charge in [-0.3, -0.25) is 9.59 Å². The van der Waals surface area contributed by atoms with Gasteiger partial charge in [-0.1, -0.05) is 59.7 Å². The second-order valence-corrected chi connectivity index (χ2v) is 8.17. The molecule has 1 aliphatic heterocycles. The van der Waals surface area contributed by atoms with Gasteiger partial charge in [0.05, 0.1) is 0 Å². The molecule has 2 aromatic carbocycles. The Balaban J connectivity index is 1.61. The summed E-state index contributed by atoms with van der Waals surface area (Å²) >= 11 is 0. The first-order valence-electron chi connectivity index (χ1n) is 10.4. The van der Waals surface area contributed by atoms with Crippen molar-refractivity contribution in [1.29, 1.82) is 0 Å². The lowest BCUT2D eigenvalue weighted by molar-refractivity contribution is -0.139. The van der Waals surface area contributed by atoms with E-state index < -0.39 is 0 Å². The molecule has 3 rings (SSSR count). The molecular weight excluding hydrogens is 372 g/mol. The molecule has 4 heteroatoms. The Morgan fingerprint density at radius 3 is 1.37 bits per heavy atom. The number of piperazine rings is 1. The third-order valence-corrected chi connectivity index (χ3v) is 5.54. The standard InChI is InChI=1S/C26H30N2O2/c1-19-5-9-23(10-6-19)13-15-25(29)27-17-22(4)28(18-21(27)3)26(30)16-14-24-11-7-20(2)8-12-24/h5-16,21-22H,17-18H2,1-4H3/b15-13+,16-14+/t21-,22-/m1/s1. The van der Waals surface area contributed by atoms with Crippen molar-refractivity contribution in [2.75, 3.05) is 13.1 Å². The third-order valence-electron chi connectivity index (χ3n) is 5.54. The van der Waals surface area contributed by atoms with Crippen LogP contribution >= 0.6 is 0 Å². The third kappa shape index (κ3) is 5.47. The summed E-state index contributed by atoms with van der Waals surface area (Å²) in [7, 11) is 0. The average molecular weight is 403 g/mol. The number of carbonyl (C=O) groups excluding carboxylic acids is 2. The molecule has 156 valence electrons. The zero-order valence-electron chi connectivity index (χ0n) is 18.2. The average Bonchev–Trinajstić information content (AvgIpc) is 2.73. The molecule has 30 heavy (non-hydrogen) atoms. The van der Waals surface area contributed by atoms with Crippen LogP contribution in [0.15, 0.2) is 60.7 Å². The number of hydrogen-bond donors (Lipinski definition) is 0. The van der Waals surface area contributed by atoms with E-state index in [1.165, 1.54) is 11.1 Å². The summed E-state index contributed by atoms with van der Waals surface area (Å²) in [5.74, 6) is -0.0329. The summed E-state index contributed by atoms with van der Waals surface area (Å²) in [6.07, 6.45) is 6.95. The van der Waals surface area contributed by atoms with E-state index in [0.29, 0.717) is 13.1 Å². The molecule has 0 aromatic heterocycles. The van der Waals surface area contributed by atoms with E-state index in [1.54, 1.807) is 12.2 Å². The minimum absolute atomic E-state index is 0.0165. The van der Waals surface area contributed by atoms with Crippen LogP contribution in [-0.4, -0.2) is 46.8 Å². The Morgan fingerprint density at radius 1 is 0.700 bits per heavy atom. The fraction of sp³-hybridized carbons (Fsp3) is 0.308. The van der Waals surface area contributed by atoms with Crippen LogP contribution in [0.25, 0.3) is 12.2 Å². The number of benzene rings is 2. The van der Waals surface area contributed by atoms with Gasteiger partial charge in [0.1, 0.15) is 0 Å². The molecule has 1 heterocycles. The second kappa shape index (κ2) is 9.57. The molecule has 0 radical (unpaired) electrons. The van der Waals surface area contributed by atoms with Crippen LogP contribution in [0.4, 0.5) is 0 Å². The van der Waals surface area contributed by atoms with Crippen LogP contribution < -0.4 is 0 Å². The molecule has 1 aliphatic rings. The molecule has 0 N–H and O–H groups in total. The Hall–Kier alpha value is -3.14. The van der Waals surface area contributed by atoms with E-state index in [-0.39, 0.29) is 23.9 Å². The number of amides is 2. The minimum atomic E-state index is -0.0342.